The molecule has 0 atom stereocenters. The first kappa shape index (κ1) is 17.1. The quantitative estimate of drug-likeness (QED) is 0.755. The fourth-order valence-corrected chi connectivity index (χ4v) is 2.43. The van der Waals surface area contributed by atoms with E-state index in [0.717, 1.165) is 17.4 Å². The molecule has 2 N–H and O–H groups in total. The lowest BCUT2D eigenvalue weighted by Crippen LogP contribution is -2.26. The Morgan fingerprint density at radius 3 is 2.61 bits per heavy atom. The number of hydrogen-bond acceptors (Lipinski definition) is 5. The average Bonchev–Trinajstić information content (AvgIpc) is 2.99. The smallest absolute Gasteiger partial charge is 0.271 e. The van der Waals surface area contributed by atoms with E-state index in [1.807, 2.05) is 31.2 Å². The lowest BCUT2D eigenvalue weighted by Gasteiger charge is -2.08. The number of benzene rings is 1. The number of rotatable bonds is 7. The highest BCUT2D eigenvalue weighted by Gasteiger charge is 2.11. The van der Waals surface area contributed by atoms with Gasteiger partial charge in [0.25, 0.3) is 5.91 Å². The summed E-state index contributed by atoms with van der Waals surface area (Å²) in [5.74, 6) is -0.253. The van der Waals surface area contributed by atoms with Crippen molar-refractivity contribution in [3.8, 4) is 0 Å². The van der Waals surface area contributed by atoms with Gasteiger partial charge in [0.05, 0.1) is 12.5 Å². The van der Waals surface area contributed by atoms with Crippen molar-refractivity contribution in [2.24, 2.45) is 0 Å². The predicted octanol–water partition coefficient (Wildman–Crippen LogP) is 0.277. The Balaban J connectivity index is 1.97. The third-order valence-electron chi connectivity index (χ3n) is 3.13. The Labute approximate surface area is 134 Å². The van der Waals surface area contributed by atoms with Gasteiger partial charge in [0.1, 0.15) is 5.69 Å². The Morgan fingerprint density at radius 1 is 1.26 bits per heavy atom. The van der Waals surface area contributed by atoms with Gasteiger partial charge in [0.2, 0.25) is 10.0 Å². The van der Waals surface area contributed by atoms with Gasteiger partial charge in [-0.2, -0.15) is 0 Å². The standard InChI is InChI=1S/C14H19N5O3S/c1-3-19-13(10-16-18-19)14(20)15-8-11-5-4-6-12(7-11)9-17-23(2,21)22/h4-7,10,17H,3,8-9H2,1-2H3,(H,15,20). The molecule has 1 amide bonds. The number of aryl methyl sites for hydroxylation is 1. The molecule has 1 aromatic carbocycles. The minimum Gasteiger partial charge on any atom is -0.347 e. The highest BCUT2D eigenvalue weighted by Crippen LogP contribution is 2.06. The molecule has 124 valence electrons. The summed E-state index contributed by atoms with van der Waals surface area (Å²) in [6.07, 6.45) is 2.53. The minimum atomic E-state index is -3.23. The first-order chi connectivity index (χ1) is 10.9. The van der Waals surface area contributed by atoms with Gasteiger partial charge in [-0.25, -0.2) is 17.8 Å². The molecule has 0 unspecified atom stereocenters. The number of nitrogens with zero attached hydrogens (tertiary/aromatic N) is 3. The molecule has 23 heavy (non-hydrogen) atoms. The molecular weight excluding hydrogens is 318 g/mol. The van der Waals surface area contributed by atoms with Crippen LogP contribution in [-0.4, -0.2) is 35.6 Å². The highest BCUT2D eigenvalue weighted by atomic mass is 32.2. The SMILES string of the molecule is CCn1nncc1C(=O)NCc1cccc(CNS(C)(=O)=O)c1. The van der Waals surface area contributed by atoms with Crippen molar-refractivity contribution in [3.63, 3.8) is 0 Å². The van der Waals surface area contributed by atoms with Crippen molar-refractivity contribution in [1.29, 1.82) is 0 Å². The highest BCUT2D eigenvalue weighted by molar-refractivity contribution is 7.88. The molecule has 1 aromatic heterocycles. The second-order valence-corrected chi connectivity index (χ2v) is 6.86. The summed E-state index contributed by atoms with van der Waals surface area (Å²) in [7, 11) is -3.23. The summed E-state index contributed by atoms with van der Waals surface area (Å²) < 4.78 is 26.2. The van der Waals surface area contributed by atoms with Gasteiger partial charge < -0.3 is 5.32 Å². The van der Waals surface area contributed by atoms with E-state index in [2.05, 4.69) is 20.4 Å². The van der Waals surface area contributed by atoms with Crippen LogP contribution < -0.4 is 10.0 Å². The first-order valence-corrected chi connectivity index (χ1v) is 8.97. The maximum atomic E-state index is 12.1. The summed E-state index contributed by atoms with van der Waals surface area (Å²) in [6, 6.07) is 7.34. The number of carbonyl (C=O) groups is 1. The van der Waals surface area contributed by atoms with Crippen molar-refractivity contribution in [2.75, 3.05) is 6.26 Å². The molecule has 0 aliphatic rings. The largest absolute Gasteiger partial charge is 0.347 e. The van der Waals surface area contributed by atoms with Crippen molar-refractivity contribution in [3.05, 3.63) is 47.3 Å². The van der Waals surface area contributed by atoms with E-state index < -0.39 is 10.0 Å². The zero-order chi connectivity index (χ0) is 16.9. The molecule has 0 radical (unpaired) electrons. The first-order valence-electron chi connectivity index (χ1n) is 7.08. The van der Waals surface area contributed by atoms with Crippen molar-refractivity contribution >= 4 is 15.9 Å². The van der Waals surface area contributed by atoms with Crippen LogP contribution in [0.15, 0.2) is 30.5 Å². The van der Waals surface area contributed by atoms with E-state index >= 15 is 0 Å². The van der Waals surface area contributed by atoms with E-state index in [4.69, 9.17) is 0 Å². The summed E-state index contributed by atoms with van der Waals surface area (Å²) in [5, 5.41) is 10.3. The predicted molar refractivity (Wildman–Crippen MR) is 85.0 cm³/mol. The zero-order valence-electron chi connectivity index (χ0n) is 13.0. The van der Waals surface area contributed by atoms with Crippen LogP contribution in [-0.2, 0) is 29.7 Å². The van der Waals surface area contributed by atoms with Gasteiger partial charge in [0, 0.05) is 19.6 Å². The molecular formula is C14H19N5O3S. The van der Waals surface area contributed by atoms with Gasteiger partial charge >= 0.3 is 0 Å². The maximum Gasteiger partial charge on any atom is 0.271 e. The van der Waals surface area contributed by atoms with Crippen LogP contribution >= 0.6 is 0 Å². The summed E-state index contributed by atoms with van der Waals surface area (Å²) >= 11 is 0. The van der Waals surface area contributed by atoms with Gasteiger partial charge in [-0.1, -0.05) is 29.5 Å². The Kier molecular flexibility index (Phi) is 5.45. The summed E-state index contributed by atoms with van der Waals surface area (Å²) in [6.45, 7) is 2.99. The van der Waals surface area contributed by atoms with Crippen molar-refractivity contribution < 1.29 is 13.2 Å². The van der Waals surface area contributed by atoms with Gasteiger partial charge in [-0.3, -0.25) is 4.79 Å². The molecule has 1 heterocycles. The van der Waals surface area contributed by atoms with E-state index in [1.54, 1.807) is 0 Å². The number of nitrogens with one attached hydrogen (secondary N) is 2. The number of aromatic nitrogens is 3. The van der Waals surface area contributed by atoms with Crippen LogP contribution in [0.3, 0.4) is 0 Å². The van der Waals surface area contributed by atoms with Gasteiger partial charge in [-0.05, 0) is 18.1 Å². The van der Waals surface area contributed by atoms with E-state index in [1.165, 1.54) is 10.9 Å². The average molecular weight is 337 g/mol. The van der Waals surface area contributed by atoms with Crippen LogP contribution in [0.1, 0.15) is 28.5 Å². The van der Waals surface area contributed by atoms with Crippen LogP contribution in [0, 0.1) is 0 Å². The molecule has 8 nitrogen and oxygen atoms in total. The Morgan fingerprint density at radius 2 is 1.96 bits per heavy atom. The topological polar surface area (TPSA) is 106 Å². The molecule has 0 saturated heterocycles. The molecule has 0 bridgehead atoms. The van der Waals surface area contributed by atoms with Crippen molar-refractivity contribution in [2.45, 2.75) is 26.6 Å². The second kappa shape index (κ2) is 7.34. The number of amides is 1. The molecule has 0 spiro atoms. The third-order valence-corrected chi connectivity index (χ3v) is 3.80. The summed E-state index contributed by atoms with van der Waals surface area (Å²) in [4.78, 5) is 12.1. The fraction of sp³-hybridized carbons (Fsp3) is 0.357. The van der Waals surface area contributed by atoms with E-state index in [9.17, 15) is 13.2 Å². The monoisotopic (exact) mass is 337 g/mol. The molecule has 0 aliphatic heterocycles. The van der Waals surface area contributed by atoms with Crippen molar-refractivity contribution in [1.82, 2.24) is 25.0 Å². The Bertz CT molecular complexity index is 785. The van der Waals surface area contributed by atoms with Gasteiger partial charge in [0.15, 0.2) is 0 Å². The third kappa shape index (κ3) is 5.15. The lowest BCUT2D eigenvalue weighted by molar-refractivity contribution is 0.0940. The maximum absolute atomic E-state index is 12.1. The van der Waals surface area contributed by atoms with Crippen LogP contribution in [0.25, 0.3) is 0 Å². The molecule has 2 rings (SSSR count). The van der Waals surface area contributed by atoms with Crippen LogP contribution in [0.4, 0.5) is 0 Å². The van der Waals surface area contributed by atoms with E-state index in [-0.39, 0.29) is 12.5 Å². The zero-order valence-corrected chi connectivity index (χ0v) is 13.8. The van der Waals surface area contributed by atoms with Gasteiger partial charge in [-0.15, -0.1) is 5.10 Å². The molecule has 9 heteroatoms. The number of carbonyl (C=O) groups excluding carboxylic acids is 1. The normalized spacial score (nSPS) is 11.4. The second-order valence-electron chi connectivity index (χ2n) is 5.03. The fourth-order valence-electron chi connectivity index (χ4n) is 2.00. The lowest BCUT2D eigenvalue weighted by atomic mass is 10.1. The minimum absolute atomic E-state index is 0.215. The van der Waals surface area contributed by atoms with Crippen LogP contribution in [0.5, 0.6) is 0 Å². The van der Waals surface area contributed by atoms with E-state index in [0.29, 0.717) is 18.8 Å². The molecule has 0 aliphatic carbocycles. The Hall–Kier alpha value is -2.26. The molecule has 2 aromatic rings. The molecule has 0 saturated carbocycles. The number of sulfonamides is 1. The summed E-state index contributed by atoms with van der Waals surface area (Å²) in [5.41, 5.74) is 2.10. The van der Waals surface area contributed by atoms with Crippen LogP contribution in [0.2, 0.25) is 0 Å². The number of hydrogen-bond donors (Lipinski definition) is 2. The molecule has 0 fully saturated rings.